The molecule has 0 bridgehead atoms. The van der Waals surface area contributed by atoms with Gasteiger partial charge in [-0.05, 0) is 36.4 Å². The molecular formula is C20H15Cl3N2O3. The van der Waals surface area contributed by atoms with Crippen LogP contribution in [0.5, 0.6) is 0 Å². The number of anilines is 1. The van der Waals surface area contributed by atoms with Gasteiger partial charge in [0, 0.05) is 28.7 Å². The van der Waals surface area contributed by atoms with Gasteiger partial charge in [-0.15, -0.1) is 0 Å². The third kappa shape index (κ3) is 3.40. The highest BCUT2D eigenvalue weighted by Crippen LogP contribution is 2.38. The lowest BCUT2D eigenvalue weighted by molar-refractivity contribution is -0.121. The predicted molar refractivity (Wildman–Crippen MR) is 110 cm³/mol. The molecule has 4 rings (SSSR count). The smallest absolute Gasteiger partial charge is 0.282 e. The van der Waals surface area contributed by atoms with Crippen LogP contribution in [0.1, 0.15) is 5.56 Å². The molecule has 144 valence electrons. The largest absolute Gasteiger partial charge is 0.378 e. The topological polar surface area (TPSA) is 49.9 Å². The molecule has 0 N–H and O–H groups in total. The van der Waals surface area contributed by atoms with Gasteiger partial charge in [0.1, 0.15) is 5.70 Å². The normalized spacial score (nSPS) is 17.7. The Morgan fingerprint density at radius 2 is 1.46 bits per heavy atom. The number of ether oxygens (including phenoxy) is 1. The molecule has 0 unspecified atom stereocenters. The van der Waals surface area contributed by atoms with Crippen LogP contribution in [-0.4, -0.2) is 43.0 Å². The fourth-order valence-corrected chi connectivity index (χ4v) is 3.99. The zero-order chi connectivity index (χ0) is 19.8. The van der Waals surface area contributed by atoms with Crippen molar-refractivity contribution in [2.24, 2.45) is 0 Å². The summed E-state index contributed by atoms with van der Waals surface area (Å²) in [6, 6.07) is 11.4. The van der Waals surface area contributed by atoms with Crippen LogP contribution in [0.25, 0.3) is 5.57 Å². The number of carbonyl (C=O) groups is 2. The van der Waals surface area contributed by atoms with Crippen molar-refractivity contribution in [1.82, 2.24) is 4.90 Å². The average Bonchev–Trinajstić information content (AvgIpc) is 2.94. The molecular weight excluding hydrogens is 423 g/mol. The molecule has 2 amide bonds. The third-order valence-corrected chi connectivity index (χ3v) is 5.47. The molecule has 0 aromatic heterocycles. The Morgan fingerprint density at radius 1 is 0.821 bits per heavy atom. The highest BCUT2D eigenvalue weighted by molar-refractivity contribution is 6.47. The number of carbonyl (C=O) groups excluding carboxylic acids is 2. The summed E-state index contributed by atoms with van der Waals surface area (Å²) in [6.07, 6.45) is 0. The Bertz CT molecular complexity index is 983. The first-order chi connectivity index (χ1) is 13.5. The minimum Gasteiger partial charge on any atom is -0.378 e. The zero-order valence-corrected chi connectivity index (χ0v) is 16.9. The van der Waals surface area contributed by atoms with E-state index in [1.165, 1.54) is 0 Å². The number of amides is 2. The molecule has 1 saturated heterocycles. The van der Waals surface area contributed by atoms with Crippen LogP contribution < -0.4 is 4.90 Å². The van der Waals surface area contributed by atoms with E-state index in [1.54, 1.807) is 42.5 Å². The van der Waals surface area contributed by atoms with Crippen molar-refractivity contribution in [3.8, 4) is 0 Å². The van der Waals surface area contributed by atoms with Gasteiger partial charge in [-0.2, -0.15) is 0 Å². The van der Waals surface area contributed by atoms with Gasteiger partial charge in [-0.25, -0.2) is 4.90 Å². The minimum atomic E-state index is -0.432. The van der Waals surface area contributed by atoms with E-state index in [-0.39, 0.29) is 5.57 Å². The molecule has 8 heteroatoms. The molecule has 2 aliphatic rings. The Hall–Kier alpha value is -2.05. The van der Waals surface area contributed by atoms with Crippen molar-refractivity contribution in [2.75, 3.05) is 31.2 Å². The Balaban J connectivity index is 1.85. The monoisotopic (exact) mass is 436 g/mol. The van der Waals surface area contributed by atoms with E-state index in [0.29, 0.717) is 58.3 Å². The SMILES string of the molecule is O=C1C(c2ccc(Cl)cc2Cl)=C(N2CCOCC2)C(=O)N1c1ccc(Cl)cc1. The van der Waals surface area contributed by atoms with Crippen LogP contribution in [0.4, 0.5) is 5.69 Å². The van der Waals surface area contributed by atoms with Crippen molar-refractivity contribution in [3.63, 3.8) is 0 Å². The summed E-state index contributed by atoms with van der Waals surface area (Å²) in [7, 11) is 0. The quantitative estimate of drug-likeness (QED) is 0.673. The van der Waals surface area contributed by atoms with Crippen LogP contribution in [0, 0.1) is 0 Å². The number of imide groups is 1. The summed E-state index contributed by atoms with van der Waals surface area (Å²) in [4.78, 5) is 29.7. The van der Waals surface area contributed by atoms with Gasteiger partial charge in [0.2, 0.25) is 0 Å². The van der Waals surface area contributed by atoms with E-state index in [4.69, 9.17) is 39.5 Å². The zero-order valence-electron chi connectivity index (χ0n) is 14.6. The lowest BCUT2D eigenvalue weighted by Crippen LogP contribution is -2.40. The first-order valence-corrected chi connectivity index (χ1v) is 9.77. The lowest BCUT2D eigenvalue weighted by Gasteiger charge is -2.29. The Kier molecular flexibility index (Phi) is 5.34. The van der Waals surface area contributed by atoms with Gasteiger partial charge in [0.15, 0.2) is 0 Å². The number of rotatable bonds is 3. The summed E-state index contributed by atoms with van der Waals surface area (Å²) in [5.41, 5.74) is 1.52. The van der Waals surface area contributed by atoms with Crippen molar-refractivity contribution < 1.29 is 14.3 Å². The second kappa shape index (κ2) is 7.76. The van der Waals surface area contributed by atoms with Gasteiger partial charge in [0.05, 0.1) is 29.5 Å². The third-order valence-electron chi connectivity index (χ3n) is 4.67. The number of morpholine rings is 1. The fourth-order valence-electron chi connectivity index (χ4n) is 3.36. The number of hydrogen-bond donors (Lipinski definition) is 0. The van der Waals surface area contributed by atoms with Crippen LogP contribution in [0.2, 0.25) is 15.1 Å². The summed E-state index contributed by atoms with van der Waals surface area (Å²) < 4.78 is 5.39. The molecule has 5 nitrogen and oxygen atoms in total. The van der Waals surface area contributed by atoms with Crippen LogP contribution in [0.15, 0.2) is 48.2 Å². The Morgan fingerprint density at radius 3 is 2.11 bits per heavy atom. The van der Waals surface area contributed by atoms with E-state index >= 15 is 0 Å². The lowest BCUT2D eigenvalue weighted by atomic mass is 10.0. The second-order valence-electron chi connectivity index (χ2n) is 6.37. The molecule has 0 aliphatic carbocycles. The second-order valence-corrected chi connectivity index (χ2v) is 7.65. The van der Waals surface area contributed by atoms with Crippen molar-refractivity contribution in [2.45, 2.75) is 0 Å². The highest BCUT2D eigenvalue weighted by Gasteiger charge is 2.43. The van der Waals surface area contributed by atoms with Crippen LogP contribution >= 0.6 is 34.8 Å². The minimum absolute atomic E-state index is 0.267. The van der Waals surface area contributed by atoms with Crippen LogP contribution in [-0.2, 0) is 14.3 Å². The fraction of sp³-hybridized carbons (Fsp3) is 0.200. The molecule has 0 spiro atoms. The van der Waals surface area contributed by atoms with E-state index in [0.717, 1.165) is 4.90 Å². The van der Waals surface area contributed by atoms with E-state index < -0.39 is 11.8 Å². The highest BCUT2D eigenvalue weighted by atomic mass is 35.5. The molecule has 0 saturated carbocycles. The maximum absolute atomic E-state index is 13.4. The molecule has 2 aliphatic heterocycles. The van der Waals surface area contributed by atoms with Crippen molar-refractivity contribution >= 4 is 57.9 Å². The summed E-state index contributed by atoms with van der Waals surface area (Å²) in [6.45, 7) is 1.98. The Labute approximate surface area is 177 Å². The number of hydrogen-bond acceptors (Lipinski definition) is 4. The van der Waals surface area contributed by atoms with Gasteiger partial charge >= 0.3 is 0 Å². The summed E-state index contributed by atoms with van der Waals surface area (Å²) in [5.74, 6) is -0.826. The summed E-state index contributed by atoms with van der Waals surface area (Å²) >= 11 is 18.3. The molecule has 2 heterocycles. The van der Waals surface area contributed by atoms with Gasteiger partial charge in [-0.3, -0.25) is 9.59 Å². The standard InChI is InChI=1S/C20H15Cl3N2O3/c21-12-1-4-14(5-2-12)25-19(26)17(15-6-3-13(22)11-16(15)23)18(20(25)27)24-7-9-28-10-8-24/h1-6,11H,7-10H2. The maximum atomic E-state index is 13.4. The number of benzene rings is 2. The first kappa shape index (κ1) is 19.3. The molecule has 28 heavy (non-hydrogen) atoms. The van der Waals surface area contributed by atoms with Gasteiger partial charge in [0.25, 0.3) is 11.8 Å². The molecule has 0 atom stereocenters. The molecule has 0 radical (unpaired) electrons. The van der Waals surface area contributed by atoms with Gasteiger partial charge < -0.3 is 9.64 Å². The molecule has 1 fully saturated rings. The van der Waals surface area contributed by atoms with E-state index in [1.807, 2.05) is 4.90 Å². The molecule has 2 aromatic rings. The van der Waals surface area contributed by atoms with E-state index in [9.17, 15) is 9.59 Å². The average molecular weight is 438 g/mol. The van der Waals surface area contributed by atoms with Crippen LogP contribution in [0.3, 0.4) is 0 Å². The molecule has 2 aromatic carbocycles. The predicted octanol–water partition coefficient (Wildman–Crippen LogP) is 4.26. The van der Waals surface area contributed by atoms with Crippen molar-refractivity contribution in [1.29, 1.82) is 0 Å². The van der Waals surface area contributed by atoms with Crippen molar-refractivity contribution in [3.05, 3.63) is 68.8 Å². The maximum Gasteiger partial charge on any atom is 0.282 e. The first-order valence-electron chi connectivity index (χ1n) is 8.64. The number of halogens is 3. The van der Waals surface area contributed by atoms with E-state index in [2.05, 4.69) is 0 Å². The van der Waals surface area contributed by atoms with Gasteiger partial charge in [-0.1, -0.05) is 40.9 Å². The summed E-state index contributed by atoms with van der Waals surface area (Å²) in [5, 5.41) is 1.28. The number of nitrogens with zero attached hydrogens (tertiary/aromatic N) is 2.